The number of carbonyl (C=O) groups is 1. The fourth-order valence-corrected chi connectivity index (χ4v) is 3.90. The van der Waals surface area contributed by atoms with Gasteiger partial charge in [0, 0.05) is 25.2 Å². The summed E-state index contributed by atoms with van der Waals surface area (Å²) >= 11 is 0. The molecule has 138 valence electrons. The van der Waals surface area contributed by atoms with E-state index in [4.69, 9.17) is 0 Å². The summed E-state index contributed by atoms with van der Waals surface area (Å²) in [6.45, 7) is 0.932. The molecule has 26 heavy (non-hydrogen) atoms. The van der Waals surface area contributed by atoms with Gasteiger partial charge in [-0.2, -0.15) is 0 Å². The molecule has 1 atom stereocenters. The van der Waals surface area contributed by atoms with E-state index >= 15 is 0 Å². The maximum atomic E-state index is 12.7. The molecule has 0 aromatic heterocycles. The van der Waals surface area contributed by atoms with Crippen LogP contribution in [0.1, 0.15) is 24.8 Å². The van der Waals surface area contributed by atoms with E-state index in [1.807, 2.05) is 48.5 Å². The van der Waals surface area contributed by atoms with Crippen LogP contribution in [-0.4, -0.2) is 44.6 Å². The Morgan fingerprint density at radius 3 is 2.77 bits per heavy atom. The Kier molecular flexibility index (Phi) is 5.74. The molecule has 1 heterocycles. The highest BCUT2D eigenvalue weighted by Gasteiger charge is 2.25. The van der Waals surface area contributed by atoms with E-state index in [0.29, 0.717) is 6.54 Å². The van der Waals surface area contributed by atoms with Crippen molar-refractivity contribution >= 4 is 32.8 Å². The van der Waals surface area contributed by atoms with Gasteiger partial charge in [0.2, 0.25) is 15.9 Å². The molecule has 0 aliphatic carbocycles. The monoisotopic (exact) mass is 372 g/mol. The first kappa shape index (κ1) is 18.6. The number of fused-ring (bicyclic) bond motifs is 1. The van der Waals surface area contributed by atoms with Crippen molar-refractivity contribution in [2.75, 3.05) is 19.3 Å². The van der Waals surface area contributed by atoms with Crippen molar-refractivity contribution in [3.05, 3.63) is 54.1 Å². The van der Waals surface area contributed by atoms with Crippen molar-refractivity contribution in [2.45, 2.75) is 25.3 Å². The van der Waals surface area contributed by atoms with Crippen LogP contribution >= 0.6 is 0 Å². The molecular formula is C20H24N2O3S. The summed E-state index contributed by atoms with van der Waals surface area (Å²) in [4.78, 5) is 14.5. The topological polar surface area (TPSA) is 66.5 Å². The van der Waals surface area contributed by atoms with Gasteiger partial charge in [0.25, 0.3) is 0 Å². The van der Waals surface area contributed by atoms with Crippen LogP contribution < -0.4 is 4.72 Å². The van der Waals surface area contributed by atoms with E-state index in [-0.39, 0.29) is 18.5 Å². The summed E-state index contributed by atoms with van der Waals surface area (Å²) in [5.74, 6) is -0.0714. The summed E-state index contributed by atoms with van der Waals surface area (Å²) in [5, 5.41) is 2.24. The summed E-state index contributed by atoms with van der Waals surface area (Å²) in [6.07, 6.45) is 7.36. The largest absolute Gasteiger partial charge is 0.335 e. The van der Waals surface area contributed by atoms with Gasteiger partial charge in [-0.05, 0) is 41.7 Å². The second kappa shape index (κ2) is 8.01. The van der Waals surface area contributed by atoms with E-state index in [1.165, 1.54) is 0 Å². The van der Waals surface area contributed by atoms with E-state index in [0.717, 1.165) is 41.9 Å². The molecule has 0 saturated carbocycles. The molecule has 2 aromatic carbocycles. The lowest BCUT2D eigenvalue weighted by Gasteiger charge is -2.35. The second-order valence-electron chi connectivity index (χ2n) is 6.70. The third-order valence-corrected chi connectivity index (χ3v) is 5.41. The number of nitrogens with zero attached hydrogens (tertiary/aromatic N) is 1. The van der Waals surface area contributed by atoms with Gasteiger partial charge in [-0.3, -0.25) is 4.79 Å². The van der Waals surface area contributed by atoms with Gasteiger partial charge in [0.15, 0.2) is 0 Å². The zero-order valence-corrected chi connectivity index (χ0v) is 15.7. The van der Waals surface area contributed by atoms with Gasteiger partial charge in [-0.1, -0.05) is 42.5 Å². The first-order chi connectivity index (χ1) is 12.4. The smallest absolute Gasteiger partial charge is 0.246 e. The quantitative estimate of drug-likeness (QED) is 0.821. The predicted molar refractivity (Wildman–Crippen MR) is 105 cm³/mol. The molecule has 3 rings (SSSR count). The molecule has 0 spiro atoms. The van der Waals surface area contributed by atoms with E-state index in [9.17, 15) is 13.2 Å². The molecule has 1 aliphatic heterocycles. The fraction of sp³-hybridized carbons (Fsp3) is 0.350. The van der Waals surface area contributed by atoms with E-state index < -0.39 is 10.0 Å². The minimum absolute atomic E-state index is 0.0714. The van der Waals surface area contributed by atoms with Crippen LogP contribution in [0.15, 0.2) is 48.5 Å². The molecule has 1 fully saturated rings. The van der Waals surface area contributed by atoms with Crippen molar-refractivity contribution in [2.24, 2.45) is 0 Å². The third kappa shape index (κ3) is 4.71. The lowest BCUT2D eigenvalue weighted by atomic mass is 10.0. The molecule has 1 unspecified atom stereocenters. The Morgan fingerprint density at radius 2 is 1.96 bits per heavy atom. The van der Waals surface area contributed by atoms with Crippen molar-refractivity contribution in [1.82, 2.24) is 9.62 Å². The summed E-state index contributed by atoms with van der Waals surface area (Å²) in [5.41, 5.74) is 0.999. The number of amides is 1. The normalized spacial score (nSPS) is 18.5. The number of benzene rings is 2. The summed E-state index contributed by atoms with van der Waals surface area (Å²) in [7, 11) is -3.26. The lowest BCUT2D eigenvalue weighted by Crippen LogP contribution is -2.48. The Labute approximate surface area is 154 Å². The number of hydrogen-bond acceptors (Lipinski definition) is 3. The van der Waals surface area contributed by atoms with E-state index in [2.05, 4.69) is 4.72 Å². The molecule has 0 radical (unpaired) electrons. The number of carbonyl (C=O) groups excluding carboxylic acids is 1. The van der Waals surface area contributed by atoms with Gasteiger partial charge in [-0.25, -0.2) is 13.1 Å². The Morgan fingerprint density at radius 1 is 1.19 bits per heavy atom. The molecule has 1 aliphatic rings. The van der Waals surface area contributed by atoms with Gasteiger partial charge in [-0.15, -0.1) is 0 Å². The highest BCUT2D eigenvalue weighted by Crippen LogP contribution is 2.21. The van der Waals surface area contributed by atoms with Crippen LogP contribution in [-0.2, 0) is 14.8 Å². The molecule has 1 amide bonds. The van der Waals surface area contributed by atoms with Crippen molar-refractivity contribution < 1.29 is 13.2 Å². The maximum Gasteiger partial charge on any atom is 0.246 e. The zero-order chi connectivity index (χ0) is 18.6. The standard InChI is InChI=1S/C20H24N2O3S/c1-26(24,25)21-15-18-10-4-5-14-22(18)20(23)13-12-17-9-6-8-16-7-2-3-11-19(16)17/h2-3,6-9,11-13,18,21H,4-5,10,14-15H2,1H3. The van der Waals surface area contributed by atoms with Gasteiger partial charge in [0.1, 0.15) is 0 Å². The molecule has 1 saturated heterocycles. The number of sulfonamides is 1. The first-order valence-corrected chi connectivity index (χ1v) is 10.7. The van der Waals surface area contributed by atoms with Crippen LogP contribution in [0.4, 0.5) is 0 Å². The highest BCUT2D eigenvalue weighted by molar-refractivity contribution is 7.88. The molecule has 2 aromatic rings. The van der Waals surface area contributed by atoms with Crippen LogP contribution in [0.3, 0.4) is 0 Å². The highest BCUT2D eigenvalue weighted by atomic mass is 32.2. The summed E-state index contributed by atoms with van der Waals surface area (Å²) < 4.78 is 25.2. The minimum Gasteiger partial charge on any atom is -0.335 e. The first-order valence-electron chi connectivity index (χ1n) is 8.85. The molecule has 6 heteroatoms. The second-order valence-corrected chi connectivity index (χ2v) is 8.54. The van der Waals surface area contributed by atoms with Crippen LogP contribution in [0.5, 0.6) is 0 Å². The number of piperidine rings is 1. The Balaban J connectivity index is 1.75. The number of likely N-dealkylation sites (tertiary alicyclic amines) is 1. The number of rotatable bonds is 5. The Bertz CT molecular complexity index is 916. The molecule has 0 bridgehead atoms. The van der Waals surface area contributed by atoms with Crippen molar-refractivity contribution in [3.8, 4) is 0 Å². The fourth-order valence-electron chi connectivity index (χ4n) is 3.40. The SMILES string of the molecule is CS(=O)(=O)NCC1CCCCN1C(=O)C=Cc1cccc2ccccc12. The van der Waals surface area contributed by atoms with Crippen LogP contribution in [0.25, 0.3) is 16.8 Å². The number of nitrogens with one attached hydrogen (secondary N) is 1. The van der Waals surface area contributed by atoms with Crippen molar-refractivity contribution in [1.29, 1.82) is 0 Å². The van der Waals surface area contributed by atoms with Crippen LogP contribution in [0, 0.1) is 0 Å². The Hall–Kier alpha value is -2.18. The van der Waals surface area contributed by atoms with Crippen LogP contribution in [0.2, 0.25) is 0 Å². The predicted octanol–water partition coefficient (Wildman–Crippen LogP) is 2.78. The molecule has 1 N–H and O–H groups in total. The minimum atomic E-state index is -3.26. The average Bonchev–Trinajstić information content (AvgIpc) is 2.64. The maximum absolute atomic E-state index is 12.7. The van der Waals surface area contributed by atoms with Gasteiger partial charge < -0.3 is 4.90 Å². The average molecular weight is 372 g/mol. The summed E-state index contributed by atoms with van der Waals surface area (Å²) in [6, 6.07) is 14.0. The van der Waals surface area contributed by atoms with E-state index in [1.54, 1.807) is 11.0 Å². The number of hydrogen-bond donors (Lipinski definition) is 1. The molecular weight excluding hydrogens is 348 g/mol. The zero-order valence-electron chi connectivity index (χ0n) is 14.9. The third-order valence-electron chi connectivity index (χ3n) is 4.72. The van der Waals surface area contributed by atoms with Crippen molar-refractivity contribution in [3.63, 3.8) is 0 Å². The molecule has 5 nitrogen and oxygen atoms in total. The lowest BCUT2D eigenvalue weighted by molar-refractivity contribution is -0.129. The van der Waals surface area contributed by atoms with Gasteiger partial charge in [0.05, 0.1) is 6.26 Å². The van der Waals surface area contributed by atoms with Gasteiger partial charge >= 0.3 is 0 Å².